The highest BCUT2D eigenvalue weighted by Gasteiger charge is 2.51. The number of Topliss-reactive ketones (excluding diaryl/α,β-unsaturated/α-hetero) is 3. The zero-order valence-corrected chi connectivity index (χ0v) is 13.8. The van der Waals surface area contributed by atoms with Crippen molar-refractivity contribution in [3.63, 3.8) is 0 Å². The van der Waals surface area contributed by atoms with Gasteiger partial charge in [-0.2, -0.15) is 13.2 Å². The van der Waals surface area contributed by atoms with E-state index in [2.05, 4.69) is 9.97 Å². The summed E-state index contributed by atoms with van der Waals surface area (Å²) < 4.78 is 40.5. The molecule has 4 rings (SSSR count). The van der Waals surface area contributed by atoms with Crippen LogP contribution in [0.25, 0.3) is 11.0 Å². The van der Waals surface area contributed by atoms with Crippen LogP contribution in [0.3, 0.4) is 0 Å². The molecule has 6 nitrogen and oxygen atoms in total. The second-order valence-electron chi connectivity index (χ2n) is 6.95. The van der Waals surface area contributed by atoms with Crippen molar-refractivity contribution in [3.8, 4) is 0 Å². The summed E-state index contributed by atoms with van der Waals surface area (Å²) in [6, 6.07) is 3.25. The van der Waals surface area contributed by atoms with E-state index < -0.39 is 58.1 Å². The number of carbonyl (C=O) groups is 3. The van der Waals surface area contributed by atoms with Gasteiger partial charge in [-0.3, -0.25) is 19.2 Å². The molecular weight excluding hydrogens is 365 g/mol. The number of H-pyrrole nitrogens is 1. The molecule has 2 atom stereocenters. The summed E-state index contributed by atoms with van der Waals surface area (Å²) in [4.78, 5) is 54.8. The molecule has 2 aromatic rings. The zero-order valence-electron chi connectivity index (χ0n) is 13.8. The minimum atomic E-state index is -4.99. The zero-order chi connectivity index (χ0) is 19.5. The van der Waals surface area contributed by atoms with E-state index in [1.807, 2.05) is 0 Å². The Bertz CT molecular complexity index is 1030. The second kappa shape index (κ2) is 5.83. The molecule has 2 bridgehead atoms. The maximum absolute atomic E-state index is 13.5. The first kappa shape index (κ1) is 17.6. The van der Waals surface area contributed by atoms with Crippen LogP contribution < -0.4 is 5.56 Å². The molecule has 2 fully saturated rings. The number of aromatic nitrogens is 2. The average Bonchev–Trinajstić information content (AvgIpc) is 3.05. The third-order valence-corrected chi connectivity index (χ3v) is 5.31. The SMILES string of the molecule is O=C(c1cc2ccc(=O)[nH]c2nc1C(F)(F)F)C1C(=O)C2CCC(C2)C1=O. The normalized spacial score (nSPS) is 25.2. The van der Waals surface area contributed by atoms with Crippen molar-refractivity contribution in [3.05, 3.63) is 39.8 Å². The van der Waals surface area contributed by atoms with Crippen LogP contribution in [-0.4, -0.2) is 27.3 Å². The first-order valence-corrected chi connectivity index (χ1v) is 8.40. The van der Waals surface area contributed by atoms with Crippen LogP contribution in [0.2, 0.25) is 0 Å². The minimum Gasteiger partial charge on any atom is -0.307 e. The van der Waals surface area contributed by atoms with Gasteiger partial charge in [0.05, 0.1) is 5.56 Å². The van der Waals surface area contributed by atoms with Gasteiger partial charge in [-0.05, 0) is 31.4 Å². The number of halogens is 3. The maximum Gasteiger partial charge on any atom is 0.434 e. The summed E-state index contributed by atoms with van der Waals surface area (Å²) >= 11 is 0. The van der Waals surface area contributed by atoms with Gasteiger partial charge < -0.3 is 4.98 Å². The van der Waals surface area contributed by atoms with E-state index in [1.165, 1.54) is 6.07 Å². The summed E-state index contributed by atoms with van der Waals surface area (Å²) in [5.41, 5.74) is -3.31. The molecule has 2 saturated carbocycles. The van der Waals surface area contributed by atoms with Crippen molar-refractivity contribution < 1.29 is 27.6 Å². The number of fused-ring (bicyclic) bond motifs is 3. The number of hydrogen-bond donors (Lipinski definition) is 1. The number of aromatic amines is 1. The van der Waals surface area contributed by atoms with Crippen molar-refractivity contribution in [2.24, 2.45) is 17.8 Å². The van der Waals surface area contributed by atoms with Gasteiger partial charge in [0.2, 0.25) is 5.56 Å². The number of nitrogens with one attached hydrogen (secondary N) is 1. The van der Waals surface area contributed by atoms with E-state index in [4.69, 9.17) is 0 Å². The maximum atomic E-state index is 13.5. The predicted octanol–water partition coefficient (Wildman–Crippen LogP) is 2.31. The lowest BCUT2D eigenvalue weighted by atomic mass is 9.75. The minimum absolute atomic E-state index is 0.102. The quantitative estimate of drug-likeness (QED) is 0.639. The standard InChI is InChI=1S/C18H13F3N2O4/c19-18(20,21)16-10(6-9-3-4-11(24)22-17(9)23-16)15(27)12-13(25)7-1-2-8(5-7)14(12)26/h3-4,6-8,12H,1-2,5H2,(H,22,23,24). The molecule has 2 aliphatic carbocycles. The molecule has 9 heteroatoms. The smallest absolute Gasteiger partial charge is 0.307 e. The first-order chi connectivity index (χ1) is 12.7. The Morgan fingerprint density at radius 1 is 1.07 bits per heavy atom. The van der Waals surface area contributed by atoms with Crippen molar-refractivity contribution in [2.45, 2.75) is 25.4 Å². The van der Waals surface area contributed by atoms with E-state index in [9.17, 15) is 32.3 Å². The Morgan fingerprint density at radius 3 is 2.30 bits per heavy atom. The molecule has 0 aliphatic heterocycles. The highest BCUT2D eigenvalue weighted by Crippen LogP contribution is 2.42. The van der Waals surface area contributed by atoms with E-state index in [0.717, 1.165) is 12.1 Å². The third kappa shape index (κ3) is 2.77. The molecule has 0 spiro atoms. The lowest BCUT2D eigenvalue weighted by molar-refractivity contribution is -0.142. The molecule has 27 heavy (non-hydrogen) atoms. The molecule has 0 radical (unpaired) electrons. The summed E-state index contributed by atoms with van der Waals surface area (Å²) in [5, 5.41) is 0.102. The first-order valence-electron chi connectivity index (χ1n) is 8.40. The number of hydrogen-bond acceptors (Lipinski definition) is 5. The van der Waals surface area contributed by atoms with Crippen LogP contribution in [-0.2, 0) is 15.8 Å². The van der Waals surface area contributed by atoms with E-state index in [0.29, 0.717) is 19.3 Å². The Morgan fingerprint density at radius 2 is 1.70 bits per heavy atom. The van der Waals surface area contributed by atoms with Gasteiger partial charge in [0.1, 0.15) is 11.6 Å². The van der Waals surface area contributed by atoms with Crippen molar-refractivity contribution in [1.82, 2.24) is 9.97 Å². The molecule has 2 unspecified atom stereocenters. The fourth-order valence-corrected chi connectivity index (χ4v) is 4.01. The number of pyridine rings is 2. The second-order valence-corrected chi connectivity index (χ2v) is 6.95. The monoisotopic (exact) mass is 378 g/mol. The van der Waals surface area contributed by atoms with Gasteiger partial charge in [0, 0.05) is 23.3 Å². The summed E-state index contributed by atoms with van der Waals surface area (Å²) in [7, 11) is 0. The number of ketones is 3. The predicted molar refractivity (Wildman–Crippen MR) is 86.0 cm³/mol. The Labute approximate surface area is 149 Å². The van der Waals surface area contributed by atoms with Gasteiger partial charge in [0.25, 0.3) is 0 Å². The van der Waals surface area contributed by atoms with Crippen LogP contribution >= 0.6 is 0 Å². The fourth-order valence-electron chi connectivity index (χ4n) is 4.01. The summed E-state index contributed by atoms with van der Waals surface area (Å²) in [6.07, 6.45) is -3.68. The number of nitrogens with zero attached hydrogens (tertiary/aromatic N) is 1. The van der Waals surface area contributed by atoms with Gasteiger partial charge in [-0.1, -0.05) is 0 Å². The highest BCUT2D eigenvalue weighted by molar-refractivity contribution is 6.27. The molecule has 2 heterocycles. The van der Waals surface area contributed by atoms with Gasteiger partial charge >= 0.3 is 6.18 Å². The van der Waals surface area contributed by atoms with Crippen LogP contribution in [0, 0.1) is 17.8 Å². The van der Waals surface area contributed by atoms with Crippen molar-refractivity contribution in [2.75, 3.05) is 0 Å². The van der Waals surface area contributed by atoms with E-state index in [-0.39, 0.29) is 11.0 Å². The highest BCUT2D eigenvalue weighted by atomic mass is 19.4. The van der Waals surface area contributed by atoms with E-state index in [1.54, 1.807) is 0 Å². The molecule has 0 amide bonds. The lowest BCUT2D eigenvalue weighted by Crippen LogP contribution is -2.42. The van der Waals surface area contributed by atoms with Crippen molar-refractivity contribution in [1.29, 1.82) is 0 Å². The molecule has 1 N–H and O–H groups in total. The topological polar surface area (TPSA) is 97.0 Å². The third-order valence-electron chi connectivity index (χ3n) is 5.31. The number of rotatable bonds is 2. The van der Waals surface area contributed by atoms with Gasteiger partial charge in [-0.25, -0.2) is 4.98 Å². The number of alkyl halides is 3. The average molecular weight is 378 g/mol. The molecular formula is C18H13F3N2O4. The van der Waals surface area contributed by atoms with Gasteiger partial charge in [0.15, 0.2) is 23.0 Å². The van der Waals surface area contributed by atoms with Crippen LogP contribution in [0.15, 0.2) is 23.0 Å². The molecule has 0 aromatic carbocycles. The summed E-state index contributed by atoms with van der Waals surface area (Å²) in [6.45, 7) is 0. The molecule has 2 aromatic heterocycles. The Kier molecular flexibility index (Phi) is 3.79. The number of carbonyl (C=O) groups excluding carboxylic acids is 3. The molecule has 140 valence electrons. The van der Waals surface area contributed by atoms with Crippen LogP contribution in [0.1, 0.15) is 35.3 Å². The Hall–Kier alpha value is -2.84. The van der Waals surface area contributed by atoms with Crippen molar-refractivity contribution >= 4 is 28.4 Å². The lowest BCUT2D eigenvalue weighted by Gasteiger charge is -2.25. The van der Waals surface area contributed by atoms with Crippen LogP contribution in [0.5, 0.6) is 0 Å². The van der Waals surface area contributed by atoms with E-state index >= 15 is 0 Å². The summed E-state index contributed by atoms with van der Waals surface area (Å²) in [5.74, 6) is -5.00. The molecule has 0 saturated heterocycles. The Balaban J connectivity index is 1.88. The largest absolute Gasteiger partial charge is 0.434 e. The van der Waals surface area contributed by atoms with Gasteiger partial charge in [-0.15, -0.1) is 0 Å². The molecule has 2 aliphatic rings. The fraction of sp³-hybridized carbons (Fsp3) is 0.389. The van der Waals surface area contributed by atoms with Crippen LogP contribution in [0.4, 0.5) is 13.2 Å².